The summed E-state index contributed by atoms with van der Waals surface area (Å²) in [5.74, 6) is -0.200. The van der Waals surface area contributed by atoms with Crippen LogP contribution >= 0.6 is 0 Å². The number of benzene rings is 2. The topological polar surface area (TPSA) is 62.0 Å². The van der Waals surface area contributed by atoms with Gasteiger partial charge in [0.05, 0.1) is 11.1 Å². The van der Waals surface area contributed by atoms with Crippen molar-refractivity contribution in [3.8, 4) is 0 Å². The van der Waals surface area contributed by atoms with Gasteiger partial charge in [-0.25, -0.2) is 0 Å². The summed E-state index contributed by atoms with van der Waals surface area (Å²) in [7, 11) is 0. The van der Waals surface area contributed by atoms with Gasteiger partial charge in [-0.3, -0.25) is 9.59 Å². The number of hydrogen-bond acceptors (Lipinski definition) is 2. The molecule has 132 valence electrons. The third-order valence-corrected chi connectivity index (χ3v) is 5.20. The minimum absolute atomic E-state index is 0.0645. The smallest absolute Gasteiger partial charge is 0.257 e. The first kappa shape index (κ1) is 16.6. The summed E-state index contributed by atoms with van der Waals surface area (Å²) in [6, 6.07) is 11.3. The van der Waals surface area contributed by atoms with Crippen molar-refractivity contribution in [1.29, 1.82) is 0 Å². The number of carbonyl (C=O) groups is 1. The molecular weight excluding hydrogens is 324 g/mol. The summed E-state index contributed by atoms with van der Waals surface area (Å²) in [5.41, 5.74) is 6.04. The van der Waals surface area contributed by atoms with E-state index in [9.17, 15) is 9.59 Å². The summed E-state index contributed by atoms with van der Waals surface area (Å²) in [4.78, 5) is 29.1. The second-order valence-electron chi connectivity index (χ2n) is 7.12. The Morgan fingerprint density at radius 1 is 1.08 bits per heavy atom. The Kier molecular flexibility index (Phi) is 4.11. The van der Waals surface area contributed by atoms with Crippen molar-refractivity contribution in [2.45, 2.75) is 39.5 Å². The number of anilines is 1. The van der Waals surface area contributed by atoms with Crippen LogP contribution in [0.1, 0.15) is 45.6 Å². The number of rotatable bonds is 2. The molecule has 4 nitrogen and oxygen atoms in total. The van der Waals surface area contributed by atoms with Gasteiger partial charge in [0.15, 0.2) is 5.43 Å². The molecule has 26 heavy (non-hydrogen) atoms. The van der Waals surface area contributed by atoms with Crippen LogP contribution in [0.25, 0.3) is 10.9 Å². The lowest BCUT2D eigenvalue weighted by Gasteiger charge is -2.17. The molecule has 0 spiro atoms. The molecule has 1 aliphatic carbocycles. The molecule has 4 heteroatoms. The van der Waals surface area contributed by atoms with Crippen LogP contribution in [0.5, 0.6) is 0 Å². The lowest BCUT2D eigenvalue weighted by atomic mass is 9.93. The molecule has 4 rings (SSSR count). The van der Waals surface area contributed by atoms with Crippen LogP contribution in [0.3, 0.4) is 0 Å². The normalized spacial score (nSPS) is 13.5. The van der Waals surface area contributed by atoms with Gasteiger partial charge in [0.25, 0.3) is 5.91 Å². The molecule has 2 aromatic carbocycles. The maximum absolute atomic E-state index is 12.9. The van der Waals surface area contributed by atoms with E-state index >= 15 is 0 Å². The van der Waals surface area contributed by atoms with Gasteiger partial charge in [-0.05, 0) is 63.3 Å². The molecule has 0 aliphatic heterocycles. The lowest BCUT2D eigenvalue weighted by molar-refractivity contribution is 0.102. The Bertz CT molecular complexity index is 1080. The fourth-order valence-electron chi connectivity index (χ4n) is 3.82. The van der Waals surface area contributed by atoms with E-state index in [2.05, 4.69) is 10.3 Å². The maximum atomic E-state index is 12.9. The highest BCUT2D eigenvalue weighted by Gasteiger charge is 2.19. The Hall–Kier alpha value is -2.88. The standard InChI is InChI=1S/C22H22N2O2/c1-13-10-11-18(14(2)12-13)24-22(26)17-8-5-7-16-20(17)23-19-9-4-3-6-15(19)21(16)25/h5,7-8,10-12H,3-4,6,9H2,1-2H3,(H,23,25)(H,24,26). The van der Waals surface area contributed by atoms with Gasteiger partial charge in [0.1, 0.15) is 0 Å². The third kappa shape index (κ3) is 2.81. The SMILES string of the molecule is Cc1ccc(NC(=O)c2cccc3c(=O)c4c([nH]c23)CCCC4)c(C)c1. The molecule has 0 radical (unpaired) electrons. The van der Waals surface area contributed by atoms with E-state index in [1.165, 1.54) is 0 Å². The summed E-state index contributed by atoms with van der Waals surface area (Å²) < 4.78 is 0. The number of nitrogens with one attached hydrogen (secondary N) is 2. The van der Waals surface area contributed by atoms with Crippen LogP contribution in [0.4, 0.5) is 5.69 Å². The summed E-state index contributed by atoms with van der Waals surface area (Å²) in [6.45, 7) is 4.00. The Labute approximate surface area is 152 Å². The average Bonchev–Trinajstić information content (AvgIpc) is 2.64. The second kappa shape index (κ2) is 6.45. The summed E-state index contributed by atoms with van der Waals surface area (Å²) >= 11 is 0. The molecular formula is C22H22N2O2. The molecule has 1 amide bonds. The molecule has 0 unspecified atom stereocenters. The van der Waals surface area contributed by atoms with Crippen molar-refractivity contribution in [3.63, 3.8) is 0 Å². The monoisotopic (exact) mass is 346 g/mol. The number of hydrogen-bond donors (Lipinski definition) is 2. The van der Waals surface area contributed by atoms with Crippen molar-refractivity contribution in [1.82, 2.24) is 4.98 Å². The molecule has 0 fully saturated rings. The molecule has 0 saturated heterocycles. The van der Waals surface area contributed by atoms with Crippen LogP contribution < -0.4 is 10.7 Å². The molecule has 0 bridgehead atoms. The largest absolute Gasteiger partial charge is 0.357 e. The first-order valence-electron chi connectivity index (χ1n) is 9.10. The van der Waals surface area contributed by atoms with E-state index in [0.717, 1.165) is 53.8 Å². The minimum atomic E-state index is -0.200. The van der Waals surface area contributed by atoms with Crippen molar-refractivity contribution < 1.29 is 4.79 Å². The van der Waals surface area contributed by atoms with Gasteiger partial charge in [0, 0.05) is 22.3 Å². The number of aryl methyl sites for hydroxylation is 3. The highest BCUT2D eigenvalue weighted by molar-refractivity contribution is 6.12. The van der Waals surface area contributed by atoms with Gasteiger partial charge in [-0.15, -0.1) is 0 Å². The number of H-pyrrole nitrogens is 1. The summed E-state index contributed by atoms with van der Waals surface area (Å²) in [6.07, 6.45) is 3.81. The number of amides is 1. The lowest BCUT2D eigenvalue weighted by Crippen LogP contribution is -2.20. The second-order valence-corrected chi connectivity index (χ2v) is 7.12. The number of para-hydroxylation sites is 1. The average molecular weight is 346 g/mol. The zero-order valence-electron chi connectivity index (χ0n) is 15.1. The number of pyridine rings is 1. The van der Waals surface area contributed by atoms with Crippen LogP contribution in [0, 0.1) is 13.8 Å². The summed E-state index contributed by atoms with van der Waals surface area (Å²) in [5, 5.41) is 3.58. The van der Waals surface area contributed by atoms with E-state index in [1.54, 1.807) is 18.2 Å². The molecule has 1 heterocycles. The molecule has 2 N–H and O–H groups in total. The number of aromatic amines is 1. The van der Waals surface area contributed by atoms with E-state index in [4.69, 9.17) is 0 Å². The van der Waals surface area contributed by atoms with Crippen molar-refractivity contribution in [2.75, 3.05) is 5.32 Å². The van der Waals surface area contributed by atoms with Crippen molar-refractivity contribution in [2.24, 2.45) is 0 Å². The van der Waals surface area contributed by atoms with Crippen LogP contribution in [0.2, 0.25) is 0 Å². The molecule has 0 atom stereocenters. The Morgan fingerprint density at radius 2 is 1.88 bits per heavy atom. The zero-order valence-corrected chi connectivity index (χ0v) is 15.1. The van der Waals surface area contributed by atoms with Gasteiger partial charge in [0.2, 0.25) is 0 Å². The minimum Gasteiger partial charge on any atom is -0.357 e. The van der Waals surface area contributed by atoms with E-state index in [0.29, 0.717) is 16.5 Å². The highest BCUT2D eigenvalue weighted by atomic mass is 16.1. The highest BCUT2D eigenvalue weighted by Crippen LogP contribution is 2.23. The maximum Gasteiger partial charge on any atom is 0.257 e. The zero-order chi connectivity index (χ0) is 18.3. The van der Waals surface area contributed by atoms with Crippen molar-refractivity contribution >= 4 is 22.5 Å². The first-order chi connectivity index (χ1) is 12.5. The predicted octanol–water partition coefficient (Wildman–Crippen LogP) is 4.28. The number of fused-ring (bicyclic) bond motifs is 2. The molecule has 3 aromatic rings. The fourth-order valence-corrected chi connectivity index (χ4v) is 3.82. The van der Waals surface area contributed by atoms with Gasteiger partial charge in [-0.2, -0.15) is 0 Å². The van der Waals surface area contributed by atoms with Gasteiger partial charge >= 0.3 is 0 Å². The first-order valence-corrected chi connectivity index (χ1v) is 9.10. The molecule has 1 aromatic heterocycles. The van der Waals surface area contributed by atoms with Crippen molar-refractivity contribution in [3.05, 3.63) is 74.6 Å². The third-order valence-electron chi connectivity index (χ3n) is 5.20. The Morgan fingerprint density at radius 3 is 2.69 bits per heavy atom. The molecule has 1 aliphatic rings. The number of carbonyl (C=O) groups excluding carboxylic acids is 1. The predicted molar refractivity (Wildman–Crippen MR) is 105 cm³/mol. The fraction of sp³-hybridized carbons (Fsp3) is 0.273. The Balaban J connectivity index is 1.80. The van der Waals surface area contributed by atoms with Gasteiger partial charge < -0.3 is 10.3 Å². The molecule has 0 saturated carbocycles. The number of aromatic nitrogens is 1. The van der Waals surface area contributed by atoms with E-state index < -0.39 is 0 Å². The van der Waals surface area contributed by atoms with Crippen LogP contribution in [0.15, 0.2) is 41.2 Å². The van der Waals surface area contributed by atoms with Crippen LogP contribution in [-0.2, 0) is 12.8 Å². The van der Waals surface area contributed by atoms with Gasteiger partial charge in [-0.1, -0.05) is 23.8 Å². The van der Waals surface area contributed by atoms with Crippen LogP contribution in [-0.4, -0.2) is 10.9 Å². The quantitative estimate of drug-likeness (QED) is 0.728. The van der Waals surface area contributed by atoms with E-state index in [1.807, 2.05) is 32.0 Å². The van der Waals surface area contributed by atoms with E-state index in [-0.39, 0.29) is 11.3 Å².